The third-order valence-corrected chi connectivity index (χ3v) is 2.36. The van der Waals surface area contributed by atoms with Crippen LogP contribution in [0.4, 0.5) is 0 Å². The van der Waals surface area contributed by atoms with E-state index in [-0.39, 0.29) is 12.7 Å². The van der Waals surface area contributed by atoms with Gasteiger partial charge in [0.1, 0.15) is 0 Å². The van der Waals surface area contributed by atoms with Gasteiger partial charge in [-0.05, 0) is 19.3 Å². The maximum Gasteiger partial charge on any atom is 0.0664 e. The molecule has 0 aliphatic rings. The molecule has 90 valence electrons. The van der Waals surface area contributed by atoms with Crippen LogP contribution in [0.5, 0.6) is 0 Å². The molecule has 3 nitrogen and oxygen atoms in total. The topological polar surface area (TPSA) is 52.5 Å². The summed E-state index contributed by atoms with van der Waals surface area (Å²) in [5, 5.41) is 21.0. The zero-order valence-electron chi connectivity index (χ0n) is 9.62. The summed E-state index contributed by atoms with van der Waals surface area (Å²) < 4.78 is 0. The van der Waals surface area contributed by atoms with E-state index in [0.717, 1.165) is 19.3 Å². The quantitative estimate of drug-likeness (QED) is 0.361. The molecule has 0 amide bonds. The second-order valence-electron chi connectivity index (χ2n) is 3.86. The van der Waals surface area contributed by atoms with Gasteiger partial charge < -0.3 is 15.5 Å². The standard InChI is InChI=1S/C12H25NO2/c1-2-3-4-5-6-7-8-12(15)11-13-9-10-14/h2,12-15H,1,3-11H2. The molecule has 0 saturated heterocycles. The van der Waals surface area contributed by atoms with Crippen LogP contribution < -0.4 is 5.32 Å². The highest BCUT2D eigenvalue weighted by Crippen LogP contribution is 2.07. The molecular weight excluding hydrogens is 190 g/mol. The Kier molecular flexibility index (Phi) is 11.4. The Balaban J connectivity index is 3.09. The molecule has 3 heteroatoms. The molecule has 0 bridgehead atoms. The Morgan fingerprint density at radius 2 is 1.93 bits per heavy atom. The number of unbranched alkanes of at least 4 members (excludes halogenated alkanes) is 4. The summed E-state index contributed by atoms with van der Waals surface area (Å²) in [5.74, 6) is 0. The molecule has 0 fully saturated rings. The largest absolute Gasteiger partial charge is 0.395 e. The van der Waals surface area contributed by atoms with Crippen molar-refractivity contribution in [2.75, 3.05) is 19.7 Å². The SMILES string of the molecule is C=CCCCCCCC(O)CNCCO. The minimum atomic E-state index is -0.268. The molecule has 0 aromatic heterocycles. The Bertz CT molecular complexity index is 140. The molecule has 1 atom stereocenters. The van der Waals surface area contributed by atoms with E-state index in [9.17, 15) is 5.11 Å². The van der Waals surface area contributed by atoms with Gasteiger partial charge in [-0.3, -0.25) is 0 Å². The number of aliphatic hydroxyl groups excluding tert-OH is 2. The summed E-state index contributed by atoms with van der Waals surface area (Å²) in [5.41, 5.74) is 0. The van der Waals surface area contributed by atoms with Gasteiger partial charge in [0.05, 0.1) is 12.7 Å². The molecule has 0 saturated carbocycles. The molecule has 0 heterocycles. The zero-order chi connectivity index (χ0) is 11.4. The van der Waals surface area contributed by atoms with Crippen LogP contribution in [0.3, 0.4) is 0 Å². The Morgan fingerprint density at radius 3 is 2.60 bits per heavy atom. The van der Waals surface area contributed by atoms with E-state index in [4.69, 9.17) is 5.11 Å². The lowest BCUT2D eigenvalue weighted by atomic mass is 10.1. The van der Waals surface area contributed by atoms with E-state index in [1.54, 1.807) is 0 Å². The highest BCUT2D eigenvalue weighted by molar-refractivity contribution is 4.65. The van der Waals surface area contributed by atoms with Gasteiger partial charge in [-0.1, -0.05) is 25.3 Å². The highest BCUT2D eigenvalue weighted by atomic mass is 16.3. The molecule has 3 N–H and O–H groups in total. The normalized spacial score (nSPS) is 12.7. The van der Waals surface area contributed by atoms with Crippen LogP contribution in [0, 0.1) is 0 Å². The van der Waals surface area contributed by atoms with E-state index >= 15 is 0 Å². The maximum atomic E-state index is 9.52. The van der Waals surface area contributed by atoms with E-state index < -0.39 is 0 Å². The van der Waals surface area contributed by atoms with Crippen molar-refractivity contribution in [3.8, 4) is 0 Å². The average Bonchev–Trinajstić information content (AvgIpc) is 2.23. The predicted octanol–water partition coefficient (Wildman–Crippen LogP) is 1.46. The van der Waals surface area contributed by atoms with E-state index in [0.29, 0.717) is 13.1 Å². The summed E-state index contributed by atoms with van der Waals surface area (Å²) in [7, 11) is 0. The second kappa shape index (κ2) is 11.7. The van der Waals surface area contributed by atoms with Crippen LogP contribution in [0.25, 0.3) is 0 Å². The van der Waals surface area contributed by atoms with Crippen molar-refractivity contribution in [3.05, 3.63) is 12.7 Å². The van der Waals surface area contributed by atoms with Crippen molar-refractivity contribution in [2.24, 2.45) is 0 Å². The lowest BCUT2D eigenvalue weighted by Gasteiger charge is -2.10. The van der Waals surface area contributed by atoms with Gasteiger partial charge in [0.15, 0.2) is 0 Å². The van der Waals surface area contributed by atoms with Crippen molar-refractivity contribution in [1.82, 2.24) is 5.32 Å². The van der Waals surface area contributed by atoms with E-state index in [2.05, 4.69) is 11.9 Å². The van der Waals surface area contributed by atoms with Crippen LogP contribution in [0.1, 0.15) is 38.5 Å². The molecular formula is C12H25NO2. The summed E-state index contributed by atoms with van der Waals surface area (Å²) in [4.78, 5) is 0. The van der Waals surface area contributed by atoms with Crippen LogP contribution in [0.15, 0.2) is 12.7 Å². The molecule has 0 aliphatic heterocycles. The minimum Gasteiger partial charge on any atom is -0.395 e. The molecule has 15 heavy (non-hydrogen) atoms. The van der Waals surface area contributed by atoms with E-state index in [1.165, 1.54) is 19.3 Å². The molecule has 1 unspecified atom stereocenters. The van der Waals surface area contributed by atoms with Gasteiger partial charge in [0.25, 0.3) is 0 Å². The fraction of sp³-hybridized carbons (Fsp3) is 0.833. The van der Waals surface area contributed by atoms with Gasteiger partial charge in [-0.15, -0.1) is 6.58 Å². The maximum absolute atomic E-state index is 9.52. The monoisotopic (exact) mass is 215 g/mol. The summed E-state index contributed by atoms with van der Waals surface area (Å²) in [6.45, 7) is 4.97. The molecule has 0 radical (unpaired) electrons. The predicted molar refractivity (Wildman–Crippen MR) is 63.9 cm³/mol. The molecule has 0 spiro atoms. The van der Waals surface area contributed by atoms with Crippen LogP contribution in [-0.4, -0.2) is 36.0 Å². The molecule has 0 aromatic rings. The van der Waals surface area contributed by atoms with Crippen LogP contribution in [-0.2, 0) is 0 Å². The van der Waals surface area contributed by atoms with Crippen LogP contribution in [0.2, 0.25) is 0 Å². The Morgan fingerprint density at radius 1 is 1.20 bits per heavy atom. The molecule has 0 aromatic carbocycles. The third-order valence-electron chi connectivity index (χ3n) is 2.36. The second-order valence-corrected chi connectivity index (χ2v) is 3.86. The third kappa shape index (κ3) is 11.5. The number of nitrogens with one attached hydrogen (secondary N) is 1. The summed E-state index contributed by atoms with van der Waals surface area (Å²) >= 11 is 0. The summed E-state index contributed by atoms with van der Waals surface area (Å²) in [6, 6.07) is 0. The Hall–Kier alpha value is -0.380. The van der Waals surface area contributed by atoms with Crippen LogP contribution >= 0.6 is 0 Å². The van der Waals surface area contributed by atoms with Gasteiger partial charge in [-0.25, -0.2) is 0 Å². The van der Waals surface area contributed by atoms with Crippen molar-refractivity contribution >= 4 is 0 Å². The zero-order valence-corrected chi connectivity index (χ0v) is 9.62. The summed E-state index contributed by atoms with van der Waals surface area (Å²) in [6.07, 6.45) is 8.34. The van der Waals surface area contributed by atoms with Crippen molar-refractivity contribution in [1.29, 1.82) is 0 Å². The van der Waals surface area contributed by atoms with Gasteiger partial charge in [-0.2, -0.15) is 0 Å². The van der Waals surface area contributed by atoms with Gasteiger partial charge in [0, 0.05) is 13.1 Å². The lowest BCUT2D eigenvalue weighted by Crippen LogP contribution is -2.28. The fourth-order valence-electron chi connectivity index (χ4n) is 1.47. The lowest BCUT2D eigenvalue weighted by molar-refractivity contribution is 0.155. The van der Waals surface area contributed by atoms with Crippen molar-refractivity contribution in [3.63, 3.8) is 0 Å². The van der Waals surface area contributed by atoms with Gasteiger partial charge in [0.2, 0.25) is 0 Å². The van der Waals surface area contributed by atoms with Crippen molar-refractivity contribution < 1.29 is 10.2 Å². The first-order chi connectivity index (χ1) is 7.31. The number of aliphatic hydroxyl groups is 2. The number of hydrogen-bond acceptors (Lipinski definition) is 3. The number of hydrogen-bond donors (Lipinski definition) is 3. The van der Waals surface area contributed by atoms with Gasteiger partial charge >= 0.3 is 0 Å². The first-order valence-corrected chi connectivity index (χ1v) is 5.91. The Labute approximate surface area is 93.2 Å². The highest BCUT2D eigenvalue weighted by Gasteiger charge is 2.02. The smallest absolute Gasteiger partial charge is 0.0664 e. The molecule has 0 rings (SSSR count). The minimum absolute atomic E-state index is 0.133. The first kappa shape index (κ1) is 14.6. The fourth-order valence-corrected chi connectivity index (χ4v) is 1.47. The van der Waals surface area contributed by atoms with Crippen molar-refractivity contribution in [2.45, 2.75) is 44.6 Å². The molecule has 0 aliphatic carbocycles. The average molecular weight is 215 g/mol. The van der Waals surface area contributed by atoms with E-state index in [1.807, 2.05) is 6.08 Å². The number of allylic oxidation sites excluding steroid dienone is 1. The number of rotatable bonds is 11. The first-order valence-electron chi connectivity index (χ1n) is 5.91.